The number of benzene rings is 2. The number of phenolic OH excluding ortho intramolecular Hbond substituents is 1. The number of carbonyl (C=O) groups is 2. The number of rotatable bonds is 4. The molecule has 22 heavy (non-hydrogen) atoms. The van der Waals surface area contributed by atoms with Gasteiger partial charge in [-0.15, -0.1) is 0 Å². The number of carbonyl (C=O) groups excluding carboxylic acids is 2. The number of hydrogen-bond donors (Lipinski definition) is 1. The van der Waals surface area contributed by atoms with Crippen LogP contribution in [0.5, 0.6) is 5.75 Å². The van der Waals surface area contributed by atoms with Crippen molar-refractivity contribution >= 4 is 11.9 Å². The van der Waals surface area contributed by atoms with Crippen molar-refractivity contribution in [1.82, 2.24) is 0 Å². The van der Waals surface area contributed by atoms with Crippen LogP contribution in [-0.4, -0.2) is 22.8 Å². The molecule has 0 bridgehead atoms. The average molecular weight is 300 g/mol. The molecule has 2 aromatic rings. The van der Waals surface area contributed by atoms with E-state index in [1.165, 1.54) is 38.1 Å². The van der Waals surface area contributed by atoms with Gasteiger partial charge in [0.25, 0.3) is 5.79 Å². The maximum atomic E-state index is 12.0. The third kappa shape index (κ3) is 4.09. The van der Waals surface area contributed by atoms with Crippen LogP contribution in [0.15, 0.2) is 54.6 Å². The lowest BCUT2D eigenvalue weighted by atomic mass is 10.2. The summed E-state index contributed by atoms with van der Waals surface area (Å²) in [6, 6.07) is 14.0. The van der Waals surface area contributed by atoms with Gasteiger partial charge in [-0.3, -0.25) is 0 Å². The number of hydrogen-bond acceptors (Lipinski definition) is 5. The molecule has 0 atom stereocenters. The van der Waals surface area contributed by atoms with Gasteiger partial charge in [-0.05, 0) is 36.4 Å². The third-order valence-electron chi connectivity index (χ3n) is 2.79. The lowest BCUT2D eigenvalue weighted by Crippen LogP contribution is -2.34. The van der Waals surface area contributed by atoms with Gasteiger partial charge >= 0.3 is 11.9 Å². The zero-order valence-corrected chi connectivity index (χ0v) is 12.3. The highest BCUT2D eigenvalue weighted by molar-refractivity contribution is 5.91. The molecule has 0 saturated heterocycles. The molecule has 2 aromatic carbocycles. The van der Waals surface area contributed by atoms with Crippen LogP contribution in [0, 0.1) is 0 Å². The van der Waals surface area contributed by atoms with Crippen molar-refractivity contribution in [3.63, 3.8) is 0 Å². The van der Waals surface area contributed by atoms with E-state index >= 15 is 0 Å². The van der Waals surface area contributed by atoms with Crippen molar-refractivity contribution in [2.24, 2.45) is 0 Å². The molecular weight excluding hydrogens is 284 g/mol. The molecule has 5 nitrogen and oxygen atoms in total. The maximum absolute atomic E-state index is 12.0. The van der Waals surface area contributed by atoms with E-state index in [9.17, 15) is 14.7 Å². The van der Waals surface area contributed by atoms with Crippen molar-refractivity contribution in [3.8, 4) is 5.75 Å². The SMILES string of the molecule is CC(C)(OC(=O)c1ccccc1)OC(=O)c1ccc(O)cc1. The molecular formula is C17H16O5. The molecule has 0 fully saturated rings. The van der Waals surface area contributed by atoms with Gasteiger partial charge in [-0.25, -0.2) is 9.59 Å². The van der Waals surface area contributed by atoms with Crippen LogP contribution >= 0.6 is 0 Å². The topological polar surface area (TPSA) is 72.8 Å². The second-order valence-corrected chi connectivity index (χ2v) is 5.09. The van der Waals surface area contributed by atoms with E-state index in [-0.39, 0.29) is 11.3 Å². The van der Waals surface area contributed by atoms with Crippen molar-refractivity contribution in [3.05, 3.63) is 65.7 Å². The average Bonchev–Trinajstić information content (AvgIpc) is 2.47. The van der Waals surface area contributed by atoms with Gasteiger partial charge in [-0.1, -0.05) is 18.2 Å². The predicted octanol–water partition coefficient (Wildman–Crippen LogP) is 3.14. The first-order valence-electron chi connectivity index (χ1n) is 6.68. The molecule has 114 valence electrons. The first-order chi connectivity index (χ1) is 10.4. The van der Waals surface area contributed by atoms with Crippen molar-refractivity contribution in [2.75, 3.05) is 0 Å². The van der Waals surface area contributed by atoms with E-state index < -0.39 is 17.7 Å². The van der Waals surface area contributed by atoms with E-state index in [1.54, 1.807) is 30.3 Å². The summed E-state index contributed by atoms with van der Waals surface area (Å²) in [5, 5.41) is 9.19. The fourth-order valence-electron chi connectivity index (χ4n) is 1.76. The number of esters is 2. The Kier molecular flexibility index (Phi) is 4.46. The highest BCUT2D eigenvalue weighted by Gasteiger charge is 2.28. The quantitative estimate of drug-likeness (QED) is 0.693. The summed E-state index contributed by atoms with van der Waals surface area (Å²) >= 11 is 0. The second kappa shape index (κ2) is 6.30. The Morgan fingerprint density at radius 2 is 1.27 bits per heavy atom. The van der Waals surface area contributed by atoms with E-state index in [4.69, 9.17) is 9.47 Å². The number of phenols is 1. The normalized spacial score (nSPS) is 10.8. The molecule has 0 spiro atoms. The molecule has 2 rings (SSSR count). The van der Waals surface area contributed by atoms with Crippen molar-refractivity contribution in [2.45, 2.75) is 19.6 Å². The van der Waals surface area contributed by atoms with Gasteiger partial charge in [-0.2, -0.15) is 0 Å². The van der Waals surface area contributed by atoms with Gasteiger partial charge in [0.2, 0.25) is 0 Å². The van der Waals surface area contributed by atoms with E-state index in [0.717, 1.165) is 0 Å². The molecule has 0 aliphatic heterocycles. The first-order valence-corrected chi connectivity index (χ1v) is 6.68. The number of aromatic hydroxyl groups is 1. The fraction of sp³-hybridized carbons (Fsp3) is 0.176. The number of ether oxygens (including phenoxy) is 2. The summed E-state index contributed by atoms with van der Waals surface area (Å²) in [4.78, 5) is 24.0. The summed E-state index contributed by atoms with van der Waals surface area (Å²) in [6.45, 7) is 2.96. The molecule has 5 heteroatoms. The standard InChI is InChI=1S/C17H16O5/c1-17(2,21-15(19)12-6-4-3-5-7-12)22-16(20)13-8-10-14(18)11-9-13/h3-11,18H,1-2H3. The molecule has 1 N–H and O–H groups in total. The Morgan fingerprint density at radius 1 is 0.818 bits per heavy atom. The summed E-state index contributed by atoms with van der Waals surface area (Å²) in [7, 11) is 0. The Hall–Kier alpha value is -2.82. The van der Waals surface area contributed by atoms with Crippen LogP contribution in [0.25, 0.3) is 0 Å². The van der Waals surface area contributed by atoms with E-state index in [2.05, 4.69) is 0 Å². The van der Waals surface area contributed by atoms with Crippen LogP contribution in [0.4, 0.5) is 0 Å². The van der Waals surface area contributed by atoms with Crippen LogP contribution in [-0.2, 0) is 9.47 Å². The van der Waals surface area contributed by atoms with Crippen LogP contribution < -0.4 is 0 Å². The second-order valence-electron chi connectivity index (χ2n) is 5.09. The summed E-state index contributed by atoms with van der Waals surface area (Å²) in [5.41, 5.74) is 0.623. The van der Waals surface area contributed by atoms with Gasteiger partial charge in [0.1, 0.15) is 5.75 Å². The zero-order chi connectivity index (χ0) is 16.2. The van der Waals surface area contributed by atoms with Gasteiger partial charge in [0, 0.05) is 13.8 Å². The van der Waals surface area contributed by atoms with Crippen molar-refractivity contribution in [1.29, 1.82) is 0 Å². The smallest absolute Gasteiger partial charge is 0.341 e. The Morgan fingerprint density at radius 3 is 1.77 bits per heavy atom. The lowest BCUT2D eigenvalue weighted by Gasteiger charge is -2.25. The summed E-state index contributed by atoms with van der Waals surface area (Å²) in [5.74, 6) is -2.59. The monoisotopic (exact) mass is 300 g/mol. The van der Waals surface area contributed by atoms with Crippen LogP contribution in [0.2, 0.25) is 0 Å². The zero-order valence-electron chi connectivity index (χ0n) is 12.3. The third-order valence-corrected chi connectivity index (χ3v) is 2.79. The predicted molar refractivity (Wildman–Crippen MR) is 79.5 cm³/mol. The summed E-state index contributed by atoms with van der Waals surface area (Å²) < 4.78 is 10.4. The minimum Gasteiger partial charge on any atom is -0.508 e. The molecule has 0 unspecified atom stereocenters. The highest BCUT2D eigenvalue weighted by Crippen LogP contribution is 2.18. The van der Waals surface area contributed by atoms with Crippen molar-refractivity contribution < 1.29 is 24.2 Å². The van der Waals surface area contributed by atoms with Gasteiger partial charge in [0.05, 0.1) is 11.1 Å². The van der Waals surface area contributed by atoms with E-state index in [0.29, 0.717) is 5.56 Å². The molecule has 0 radical (unpaired) electrons. The van der Waals surface area contributed by atoms with Gasteiger partial charge < -0.3 is 14.6 Å². The van der Waals surface area contributed by atoms with E-state index in [1.807, 2.05) is 0 Å². The van der Waals surface area contributed by atoms with Crippen LogP contribution in [0.3, 0.4) is 0 Å². The molecule has 0 saturated carbocycles. The Bertz CT molecular complexity index is 659. The first kappa shape index (κ1) is 15.6. The molecule has 0 aliphatic rings. The largest absolute Gasteiger partial charge is 0.508 e. The van der Waals surface area contributed by atoms with Crippen LogP contribution in [0.1, 0.15) is 34.6 Å². The summed E-state index contributed by atoms with van der Waals surface area (Å²) in [6.07, 6.45) is 0. The molecule has 0 heterocycles. The maximum Gasteiger partial charge on any atom is 0.341 e. The Labute approximate surface area is 128 Å². The highest BCUT2D eigenvalue weighted by atomic mass is 16.7. The minimum absolute atomic E-state index is 0.0475. The molecule has 0 amide bonds. The lowest BCUT2D eigenvalue weighted by molar-refractivity contribution is -0.143. The minimum atomic E-state index is -1.41. The molecule has 0 aliphatic carbocycles. The van der Waals surface area contributed by atoms with Gasteiger partial charge in [0.15, 0.2) is 0 Å². The fourth-order valence-corrected chi connectivity index (χ4v) is 1.76. The molecule has 0 aromatic heterocycles. The Balaban J connectivity index is 2.03.